The summed E-state index contributed by atoms with van der Waals surface area (Å²) in [5, 5.41) is 3.69. The van der Waals surface area contributed by atoms with Crippen molar-refractivity contribution in [2.24, 2.45) is 5.92 Å². The first-order valence-electron chi connectivity index (χ1n) is 8.15. The van der Waals surface area contributed by atoms with Gasteiger partial charge in [-0.2, -0.15) is 0 Å². The van der Waals surface area contributed by atoms with Gasteiger partial charge in [-0.1, -0.05) is 19.8 Å². The van der Waals surface area contributed by atoms with Crippen LogP contribution in [0.5, 0.6) is 0 Å². The molecule has 2 atom stereocenters. The highest BCUT2D eigenvalue weighted by atomic mass is 16.5. The monoisotopic (exact) mass is 277 g/mol. The van der Waals surface area contributed by atoms with Gasteiger partial charge in [-0.15, -0.1) is 0 Å². The van der Waals surface area contributed by atoms with E-state index in [1.54, 1.807) is 0 Å². The summed E-state index contributed by atoms with van der Waals surface area (Å²) in [5.74, 6) is 1.72. The molecule has 1 aliphatic heterocycles. The van der Waals surface area contributed by atoms with Gasteiger partial charge in [0.25, 0.3) is 0 Å². The van der Waals surface area contributed by atoms with Crippen LogP contribution in [0, 0.1) is 12.8 Å². The summed E-state index contributed by atoms with van der Waals surface area (Å²) in [5.41, 5.74) is 1.53. The number of aryl methyl sites for hydroxylation is 1. The highest BCUT2D eigenvalue weighted by Gasteiger charge is 2.42. The second kappa shape index (κ2) is 5.90. The molecule has 1 aromatic rings. The summed E-state index contributed by atoms with van der Waals surface area (Å²) in [6.45, 7) is 6.18. The van der Waals surface area contributed by atoms with Crippen molar-refractivity contribution in [3.05, 3.63) is 23.7 Å². The summed E-state index contributed by atoms with van der Waals surface area (Å²) in [6.07, 6.45) is 9.37. The summed E-state index contributed by atoms with van der Waals surface area (Å²) < 4.78 is 11.7. The molecule has 3 heteroatoms. The van der Waals surface area contributed by atoms with Gasteiger partial charge in [0.15, 0.2) is 0 Å². The SMILES string of the molecule is CCNC(c1ccoc1C)C1CCOC2(CCCC2)C1. The lowest BCUT2D eigenvalue weighted by Gasteiger charge is -2.41. The molecule has 1 aliphatic carbocycles. The van der Waals surface area contributed by atoms with E-state index in [1.807, 2.05) is 6.26 Å². The highest BCUT2D eigenvalue weighted by Crippen LogP contribution is 2.45. The van der Waals surface area contributed by atoms with Gasteiger partial charge in [0, 0.05) is 18.2 Å². The summed E-state index contributed by atoms with van der Waals surface area (Å²) in [7, 11) is 0. The Hall–Kier alpha value is -0.800. The molecule has 3 nitrogen and oxygen atoms in total. The van der Waals surface area contributed by atoms with E-state index < -0.39 is 0 Å². The average molecular weight is 277 g/mol. The van der Waals surface area contributed by atoms with E-state index >= 15 is 0 Å². The molecule has 1 spiro atoms. The first-order valence-corrected chi connectivity index (χ1v) is 8.15. The molecule has 2 aliphatic rings. The van der Waals surface area contributed by atoms with Gasteiger partial charge in [-0.25, -0.2) is 0 Å². The molecule has 1 aromatic heterocycles. The van der Waals surface area contributed by atoms with Crippen LogP contribution in [-0.4, -0.2) is 18.8 Å². The van der Waals surface area contributed by atoms with Crippen LogP contribution in [-0.2, 0) is 4.74 Å². The third-order valence-electron chi connectivity index (χ3n) is 5.18. The van der Waals surface area contributed by atoms with E-state index in [-0.39, 0.29) is 5.60 Å². The number of rotatable bonds is 4. The van der Waals surface area contributed by atoms with Crippen molar-refractivity contribution in [1.29, 1.82) is 0 Å². The van der Waals surface area contributed by atoms with Crippen molar-refractivity contribution >= 4 is 0 Å². The topological polar surface area (TPSA) is 34.4 Å². The molecule has 1 saturated heterocycles. The molecule has 2 fully saturated rings. The summed E-state index contributed by atoms with van der Waals surface area (Å²) in [6, 6.07) is 2.56. The van der Waals surface area contributed by atoms with Gasteiger partial charge in [0.2, 0.25) is 0 Å². The van der Waals surface area contributed by atoms with Crippen molar-refractivity contribution in [1.82, 2.24) is 5.32 Å². The van der Waals surface area contributed by atoms with Gasteiger partial charge in [0.1, 0.15) is 5.76 Å². The third-order valence-corrected chi connectivity index (χ3v) is 5.18. The lowest BCUT2D eigenvalue weighted by atomic mass is 9.78. The lowest BCUT2D eigenvalue weighted by molar-refractivity contribution is -0.0982. The van der Waals surface area contributed by atoms with E-state index in [0.29, 0.717) is 12.0 Å². The lowest BCUT2D eigenvalue weighted by Crippen LogP contribution is -2.42. The van der Waals surface area contributed by atoms with Crippen LogP contribution < -0.4 is 5.32 Å². The van der Waals surface area contributed by atoms with E-state index in [4.69, 9.17) is 9.15 Å². The quantitative estimate of drug-likeness (QED) is 0.904. The zero-order chi connectivity index (χ0) is 14.0. The number of hydrogen-bond donors (Lipinski definition) is 1. The standard InChI is InChI=1S/C17H27NO2/c1-3-18-16(15-7-10-19-13(15)2)14-6-11-20-17(12-14)8-4-5-9-17/h7,10,14,16,18H,3-6,8-9,11-12H2,1-2H3. The Morgan fingerprint density at radius 2 is 2.20 bits per heavy atom. The van der Waals surface area contributed by atoms with Crippen molar-refractivity contribution in [3.8, 4) is 0 Å². The van der Waals surface area contributed by atoms with Crippen LogP contribution in [0.25, 0.3) is 0 Å². The predicted octanol–water partition coefficient (Wildman–Crippen LogP) is 3.98. The van der Waals surface area contributed by atoms with E-state index in [0.717, 1.165) is 25.3 Å². The van der Waals surface area contributed by atoms with E-state index in [1.165, 1.54) is 37.7 Å². The second-order valence-corrected chi connectivity index (χ2v) is 6.46. The highest BCUT2D eigenvalue weighted by molar-refractivity contribution is 5.21. The molecule has 3 rings (SSSR count). The van der Waals surface area contributed by atoms with Crippen LogP contribution in [0.2, 0.25) is 0 Å². The summed E-state index contributed by atoms with van der Waals surface area (Å²) >= 11 is 0. The molecule has 2 unspecified atom stereocenters. The van der Waals surface area contributed by atoms with Crippen molar-refractivity contribution < 1.29 is 9.15 Å². The minimum absolute atomic E-state index is 0.189. The van der Waals surface area contributed by atoms with Crippen LogP contribution in [0.4, 0.5) is 0 Å². The molecule has 0 aromatic carbocycles. The molecule has 1 N–H and O–H groups in total. The molecular weight excluding hydrogens is 250 g/mol. The Labute approximate surface area is 122 Å². The number of ether oxygens (including phenoxy) is 1. The molecule has 0 radical (unpaired) electrons. The van der Waals surface area contributed by atoms with E-state index in [9.17, 15) is 0 Å². The largest absolute Gasteiger partial charge is 0.469 e. The zero-order valence-corrected chi connectivity index (χ0v) is 12.8. The summed E-state index contributed by atoms with van der Waals surface area (Å²) in [4.78, 5) is 0. The first kappa shape index (κ1) is 14.2. The van der Waals surface area contributed by atoms with Crippen LogP contribution >= 0.6 is 0 Å². The Balaban J connectivity index is 1.79. The van der Waals surface area contributed by atoms with Crippen LogP contribution in [0.3, 0.4) is 0 Å². The average Bonchev–Trinajstić information content (AvgIpc) is 3.06. The van der Waals surface area contributed by atoms with Gasteiger partial charge >= 0.3 is 0 Å². The van der Waals surface area contributed by atoms with Gasteiger partial charge in [0.05, 0.1) is 11.9 Å². The number of nitrogens with one attached hydrogen (secondary N) is 1. The van der Waals surface area contributed by atoms with Crippen LogP contribution in [0.1, 0.15) is 62.8 Å². The van der Waals surface area contributed by atoms with Crippen molar-refractivity contribution in [2.75, 3.05) is 13.2 Å². The molecule has 1 saturated carbocycles. The van der Waals surface area contributed by atoms with E-state index in [2.05, 4.69) is 25.2 Å². The number of furan rings is 1. The van der Waals surface area contributed by atoms with Crippen molar-refractivity contribution in [2.45, 2.75) is 64.0 Å². The van der Waals surface area contributed by atoms with Gasteiger partial charge in [-0.3, -0.25) is 0 Å². The maximum absolute atomic E-state index is 6.18. The smallest absolute Gasteiger partial charge is 0.105 e. The van der Waals surface area contributed by atoms with Crippen LogP contribution in [0.15, 0.2) is 16.7 Å². The molecule has 20 heavy (non-hydrogen) atoms. The van der Waals surface area contributed by atoms with Gasteiger partial charge in [-0.05, 0) is 51.1 Å². The molecular formula is C17H27NO2. The molecule has 0 amide bonds. The maximum Gasteiger partial charge on any atom is 0.105 e. The van der Waals surface area contributed by atoms with Crippen molar-refractivity contribution in [3.63, 3.8) is 0 Å². The Bertz CT molecular complexity index is 434. The fraction of sp³-hybridized carbons (Fsp3) is 0.765. The third kappa shape index (κ3) is 2.66. The molecule has 112 valence electrons. The molecule has 2 heterocycles. The fourth-order valence-corrected chi connectivity index (χ4v) is 4.19. The fourth-order valence-electron chi connectivity index (χ4n) is 4.19. The Kier molecular flexibility index (Phi) is 4.18. The minimum Gasteiger partial charge on any atom is -0.469 e. The molecule has 0 bridgehead atoms. The second-order valence-electron chi connectivity index (χ2n) is 6.46. The zero-order valence-electron chi connectivity index (χ0n) is 12.8. The Morgan fingerprint density at radius 3 is 2.85 bits per heavy atom. The maximum atomic E-state index is 6.18. The predicted molar refractivity (Wildman–Crippen MR) is 79.7 cm³/mol. The normalized spacial score (nSPS) is 27.0. The Morgan fingerprint density at radius 1 is 1.40 bits per heavy atom. The first-order chi connectivity index (χ1) is 9.74. The minimum atomic E-state index is 0.189. The van der Waals surface area contributed by atoms with Gasteiger partial charge < -0.3 is 14.5 Å². The number of hydrogen-bond acceptors (Lipinski definition) is 3.